The van der Waals surface area contributed by atoms with Gasteiger partial charge in [0, 0.05) is 18.0 Å². The number of aromatic nitrogens is 1. The smallest absolute Gasteiger partial charge is 0.419 e. The summed E-state index contributed by atoms with van der Waals surface area (Å²) in [5.74, 6) is -1.93. The third kappa shape index (κ3) is 6.00. The lowest BCUT2D eigenvalue weighted by Crippen LogP contribution is -2.43. The molecule has 0 unspecified atom stereocenters. The number of methoxy groups -OCH3 is 1. The van der Waals surface area contributed by atoms with Gasteiger partial charge in [0.15, 0.2) is 0 Å². The number of nitrogens with one attached hydrogen (secondary N) is 1. The number of hydrogen-bond donors (Lipinski definition) is 1. The summed E-state index contributed by atoms with van der Waals surface area (Å²) >= 11 is 0. The number of carbonyl (C=O) groups excluding carboxylic acids is 3. The van der Waals surface area contributed by atoms with Crippen LogP contribution in [0, 0.1) is 0 Å². The van der Waals surface area contributed by atoms with Gasteiger partial charge >= 0.3 is 18.2 Å². The Kier molecular flexibility index (Phi) is 7.23. The Balaban J connectivity index is 1.96. The second kappa shape index (κ2) is 9.81. The number of fused-ring (bicyclic) bond motifs is 1. The van der Waals surface area contributed by atoms with Gasteiger partial charge in [-0.2, -0.15) is 13.2 Å². The lowest BCUT2D eigenvalue weighted by Gasteiger charge is -2.19. The number of nitrogens with zero attached hydrogens (tertiary/aromatic N) is 1. The van der Waals surface area contributed by atoms with E-state index in [1.54, 1.807) is 45.0 Å². The normalized spacial score (nSPS) is 12.8. The summed E-state index contributed by atoms with van der Waals surface area (Å²) in [4.78, 5) is 38.0. The van der Waals surface area contributed by atoms with Gasteiger partial charge in [-0.1, -0.05) is 30.3 Å². The second-order valence-electron chi connectivity index (χ2n) is 8.82. The van der Waals surface area contributed by atoms with Crippen LogP contribution in [0.3, 0.4) is 0 Å². The second-order valence-corrected chi connectivity index (χ2v) is 8.82. The summed E-state index contributed by atoms with van der Waals surface area (Å²) in [6.45, 7) is 5.16. The fourth-order valence-corrected chi connectivity index (χ4v) is 3.59. The van der Waals surface area contributed by atoms with E-state index in [4.69, 9.17) is 9.47 Å². The minimum Gasteiger partial charge on any atom is -0.467 e. The first-order valence-corrected chi connectivity index (χ1v) is 10.7. The summed E-state index contributed by atoms with van der Waals surface area (Å²) in [5, 5.41) is 2.96. The number of benzene rings is 2. The zero-order chi connectivity index (χ0) is 26.0. The molecule has 1 amide bonds. The first-order valence-electron chi connectivity index (χ1n) is 10.7. The van der Waals surface area contributed by atoms with Gasteiger partial charge in [-0.25, -0.2) is 9.59 Å². The standard InChI is InChI=1S/C25H25F3N2O5/c1-24(2,3)35-23(33)30-14-15(16-9-6-8-12-20(16)30)13-19(22(32)34-4)29-21(31)17-10-5-7-11-18(17)25(26,27)28/h5-12,14,19H,13H2,1-4H3,(H,29,31)/t19-/m0/s1. The van der Waals surface area contributed by atoms with Gasteiger partial charge < -0.3 is 14.8 Å². The highest BCUT2D eigenvalue weighted by Gasteiger charge is 2.36. The number of rotatable bonds is 5. The minimum atomic E-state index is -4.75. The van der Waals surface area contributed by atoms with E-state index in [2.05, 4.69) is 5.32 Å². The van der Waals surface area contributed by atoms with Crippen molar-refractivity contribution in [1.29, 1.82) is 0 Å². The van der Waals surface area contributed by atoms with Crippen LogP contribution in [0.15, 0.2) is 54.7 Å². The molecule has 35 heavy (non-hydrogen) atoms. The molecular weight excluding hydrogens is 465 g/mol. The van der Waals surface area contributed by atoms with Gasteiger partial charge in [-0.3, -0.25) is 9.36 Å². The first kappa shape index (κ1) is 25.8. The van der Waals surface area contributed by atoms with Crippen molar-refractivity contribution in [2.75, 3.05) is 7.11 Å². The monoisotopic (exact) mass is 490 g/mol. The highest BCUT2D eigenvalue weighted by Crippen LogP contribution is 2.32. The zero-order valence-electron chi connectivity index (χ0n) is 19.6. The molecule has 0 aliphatic heterocycles. The molecule has 0 fully saturated rings. The van der Waals surface area contributed by atoms with Crippen LogP contribution in [-0.2, 0) is 26.9 Å². The Bertz CT molecular complexity index is 1260. The molecule has 10 heteroatoms. The number of esters is 1. The van der Waals surface area contributed by atoms with E-state index >= 15 is 0 Å². The number of para-hydroxylation sites is 1. The van der Waals surface area contributed by atoms with Crippen LogP contribution in [0.1, 0.15) is 42.3 Å². The van der Waals surface area contributed by atoms with Crippen LogP contribution < -0.4 is 5.32 Å². The van der Waals surface area contributed by atoms with E-state index in [9.17, 15) is 27.6 Å². The summed E-state index contributed by atoms with van der Waals surface area (Å²) in [6, 6.07) is 9.84. The van der Waals surface area contributed by atoms with E-state index in [1.165, 1.54) is 22.9 Å². The van der Waals surface area contributed by atoms with Gasteiger partial charge in [0.1, 0.15) is 11.6 Å². The van der Waals surface area contributed by atoms with Crippen molar-refractivity contribution in [3.05, 3.63) is 71.4 Å². The molecule has 1 N–H and O–H groups in total. The average molecular weight is 490 g/mol. The molecule has 186 valence electrons. The molecule has 1 atom stereocenters. The van der Waals surface area contributed by atoms with Gasteiger partial charge in [-0.15, -0.1) is 0 Å². The van der Waals surface area contributed by atoms with E-state index in [1.807, 2.05) is 0 Å². The molecule has 0 aliphatic carbocycles. The molecule has 0 saturated heterocycles. The van der Waals surface area contributed by atoms with Crippen molar-refractivity contribution < 1.29 is 37.0 Å². The molecule has 3 rings (SSSR count). The Morgan fingerprint density at radius 1 is 1.00 bits per heavy atom. The van der Waals surface area contributed by atoms with E-state index < -0.39 is 46.9 Å². The fraction of sp³-hybridized carbons (Fsp3) is 0.320. The largest absolute Gasteiger partial charge is 0.467 e. The molecule has 0 aliphatic rings. The number of hydrogen-bond acceptors (Lipinski definition) is 5. The summed E-state index contributed by atoms with van der Waals surface area (Å²) in [6.07, 6.45) is -4.05. The number of halogens is 3. The van der Waals surface area contributed by atoms with Crippen molar-refractivity contribution in [2.45, 2.75) is 45.0 Å². The van der Waals surface area contributed by atoms with Crippen LogP contribution in [0.25, 0.3) is 10.9 Å². The highest BCUT2D eigenvalue weighted by molar-refractivity contribution is 5.98. The maximum Gasteiger partial charge on any atom is 0.419 e. The SMILES string of the molecule is COC(=O)[C@H](Cc1cn(C(=O)OC(C)(C)C)c2ccccc12)NC(=O)c1ccccc1C(F)(F)F. The fourth-order valence-electron chi connectivity index (χ4n) is 3.59. The minimum absolute atomic E-state index is 0.136. The van der Waals surface area contributed by atoms with Crippen LogP contribution in [0.2, 0.25) is 0 Å². The van der Waals surface area contributed by atoms with Gasteiger partial charge in [0.25, 0.3) is 5.91 Å². The van der Waals surface area contributed by atoms with Gasteiger partial charge in [0.05, 0.1) is 23.8 Å². The van der Waals surface area contributed by atoms with Crippen LogP contribution in [0.5, 0.6) is 0 Å². The summed E-state index contributed by atoms with van der Waals surface area (Å²) in [7, 11) is 1.11. The van der Waals surface area contributed by atoms with Gasteiger partial charge in [0.2, 0.25) is 0 Å². The van der Waals surface area contributed by atoms with Crippen molar-refractivity contribution >= 4 is 28.9 Å². The van der Waals surface area contributed by atoms with Gasteiger partial charge in [-0.05, 0) is 44.5 Å². The van der Waals surface area contributed by atoms with E-state index in [0.29, 0.717) is 16.5 Å². The van der Waals surface area contributed by atoms with E-state index in [-0.39, 0.29) is 6.42 Å². The van der Waals surface area contributed by atoms with Crippen molar-refractivity contribution in [2.24, 2.45) is 0 Å². The predicted molar refractivity (Wildman–Crippen MR) is 122 cm³/mol. The summed E-state index contributed by atoms with van der Waals surface area (Å²) in [5.41, 5.74) is -1.50. The van der Waals surface area contributed by atoms with Crippen LogP contribution in [-0.4, -0.2) is 41.3 Å². The molecule has 1 aromatic heterocycles. The number of amides is 1. The molecule has 3 aromatic rings. The Hall–Kier alpha value is -3.82. The predicted octanol–water partition coefficient (Wildman–Crippen LogP) is 4.96. The summed E-state index contributed by atoms with van der Waals surface area (Å²) < 4.78 is 51.6. The number of alkyl halides is 3. The quantitative estimate of drug-likeness (QED) is 0.511. The van der Waals surface area contributed by atoms with Crippen LogP contribution >= 0.6 is 0 Å². The third-order valence-corrected chi connectivity index (χ3v) is 5.08. The molecule has 0 saturated carbocycles. The van der Waals surface area contributed by atoms with Crippen molar-refractivity contribution in [1.82, 2.24) is 9.88 Å². The molecule has 7 nitrogen and oxygen atoms in total. The molecule has 2 aromatic carbocycles. The molecule has 1 heterocycles. The first-order chi connectivity index (χ1) is 16.3. The molecule has 0 radical (unpaired) electrons. The van der Waals surface area contributed by atoms with E-state index in [0.717, 1.165) is 19.2 Å². The number of carbonyl (C=O) groups is 3. The maximum absolute atomic E-state index is 13.4. The maximum atomic E-state index is 13.4. The topological polar surface area (TPSA) is 86.6 Å². The lowest BCUT2D eigenvalue weighted by atomic mass is 10.0. The van der Waals surface area contributed by atoms with Crippen molar-refractivity contribution in [3.8, 4) is 0 Å². The Labute approximate surface area is 199 Å². The number of ether oxygens (including phenoxy) is 2. The zero-order valence-corrected chi connectivity index (χ0v) is 19.6. The molecule has 0 spiro atoms. The third-order valence-electron chi connectivity index (χ3n) is 5.08. The molecule has 0 bridgehead atoms. The highest BCUT2D eigenvalue weighted by atomic mass is 19.4. The Morgan fingerprint density at radius 3 is 2.26 bits per heavy atom. The lowest BCUT2D eigenvalue weighted by molar-refractivity contribution is -0.142. The van der Waals surface area contributed by atoms with Crippen LogP contribution in [0.4, 0.5) is 18.0 Å². The average Bonchev–Trinajstić information content (AvgIpc) is 3.15. The van der Waals surface area contributed by atoms with Crippen molar-refractivity contribution in [3.63, 3.8) is 0 Å². The molecular formula is C25H25F3N2O5. The Morgan fingerprint density at radius 2 is 1.63 bits per heavy atom.